The Morgan fingerprint density at radius 3 is 1.73 bits per heavy atom. The van der Waals surface area contributed by atoms with Crippen LogP contribution in [0.1, 0.15) is 30.4 Å². The van der Waals surface area contributed by atoms with Gasteiger partial charge in [-0.1, -0.05) is 66.7 Å². The first-order valence-corrected chi connectivity index (χ1v) is 8.18. The summed E-state index contributed by atoms with van der Waals surface area (Å²) < 4.78 is 1.05. The minimum absolute atomic E-state index is 1.05. The zero-order valence-electron chi connectivity index (χ0n) is 14.1. The van der Waals surface area contributed by atoms with Gasteiger partial charge in [0.15, 0.2) is 0 Å². The summed E-state index contributed by atoms with van der Waals surface area (Å²) in [4.78, 5) is 0. The summed E-state index contributed by atoms with van der Waals surface area (Å²) in [5.41, 5.74) is 3.96. The van der Waals surface area contributed by atoms with Crippen molar-refractivity contribution in [1.29, 1.82) is 0 Å². The van der Waals surface area contributed by atoms with Crippen molar-refractivity contribution < 1.29 is 4.48 Å². The van der Waals surface area contributed by atoms with E-state index in [-0.39, 0.29) is 0 Å². The number of rotatable bonds is 7. The third-order valence-corrected chi connectivity index (χ3v) is 3.80. The van der Waals surface area contributed by atoms with Crippen LogP contribution in [0.2, 0.25) is 0 Å². The number of allylic oxidation sites excluding steroid dienone is 1. The van der Waals surface area contributed by atoms with Gasteiger partial charge in [0.2, 0.25) is 0 Å². The molecule has 0 aromatic heterocycles. The zero-order chi connectivity index (χ0) is 15.8. The second-order valence-corrected chi connectivity index (χ2v) is 6.86. The molecular weight excluding hydrogens is 266 g/mol. The topological polar surface area (TPSA) is 0 Å². The number of unbranched alkanes of at least 4 members (excludes halogenated alkanes) is 2. The molecule has 1 heteroatoms. The van der Waals surface area contributed by atoms with Crippen molar-refractivity contribution in [2.45, 2.75) is 19.3 Å². The second-order valence-electron chi connectivity index (χ2n) is 6.86. The van der Waals surface area contributed by atoms with Crippen molar-refractivity contribution in [3.05, 3.63) is 77.9 Å². The normalized spacial score (nSPS) is 11.2. The van der Waals surface area contributed by atoms with Gasteiger partial charge in [-0.3, -0.25) is 0 Å². The molecule has 0 atom stereocenters. The molecule has 0 heterocycles. The number of nitrogens with zero attached hydrogens (tertiary/aromatic N) is 1. The van der Waals surface area contributed by atoms with Crippen LogP contribution in [0.5, 0.6) is 0 Å². The minimum Gasteiger partial charge on any atom is -0.331 e. The first-order chi connectivity index (χ1) is 10.6. The fourth-order valence-electron chi connectivity index (χ4n) is 2.61. The Bertz CT molecular complexity index is 535. The van der Waals surface area contributed by atoms with Crippen LogP contribution < -0.4 is 0 Å². The lowest BCUT2D eigenvalue weighted by Gasteiger charge is -2.23. The molecule has 0 spiro atoms. The van der Waals surface area contributed by atoms with Crippen molar-refractivity contribution in [2.24, 2.45) is 0 Å². The SMILES string of the molecule is C[N+](C)(C)CCCCC=C(c1ccccc1)c1ccccc1. The quantitative estimate of drug-likeness (QED) is 0.498. The molecule has 0 aliphatic carbocycles. The first kappa shape index (κ1) is 16.5. The van der Waals surface area contributed by atoms with Crippen LogP contribution in [0.4, 0.5) is 0 Å². The van der Waals surface area contributed by atoms with Gasteiger partial charge < -0.3 is 4.48 Å². The van der Waals surface area contributed by atoms with Crippen LogP contribution in [0.25, 0.3) is 5.57 Å². The standard InChI is InChI=1S/C21H28N/c1-22(2,3)18-12-6-11-17-21(19-13-7-4-8-14-19)20-15-9-5-10-16-20/h4-5,7-10,13-17H,6,11-12,18H2,1-3H3/q+1. The maximum Gasteiger partial charge on any atom is 0.0780 e. The van der Waals surface area contributed by atoms with E-state index in [0.717, 1.165) is 10.9 Å². The molecule has 0 radical (unpaired) electrons. The van der Waals surface area contributed by atoms with E-state index in [4.69, 9.17) is 0 Å². The molecule has 2 aromatic rings. The molecule has 0 bridgehead atoms. The lowest BCUT2D eigenvalue weighted by atomic mass is 9.96. The predicted molar refractivity (Wildman–Crippen MR) is 96.7 cm³/mol. The van der Waals surface area contributed by atoms with Crippen molar-refractivity contribution in [2.75, 3.05) is 27.7 Å². The average molecular weight is 294 g/mol. The molecule has 0 aliphatic rings. The predicted octanol–water partition coefficient (Wildman–Crippen LogP) is 4.99. The summed E-state index contributed by atoms with van der Waals surface area (Å²) in [5.74, 6) is 0. The summed E-state index contributed by atoms with van der Waals surface area (Å²) in [6.45, 7) is 1.24. The number of quaternary nitrogens is 1. The van der Waals surface area contributed by atoms with Gasteiger partial charge in [-0.15, -0.1) is 0 Å². The highest BCUT2D eigenvalue weighted by Crippen LogP contribution is 2.24. The molecule has 0 saturated carbocycles. The molecule has 0 N–H and O–H groups in total. The van der Waals surface area contributed by atoms with E-state index in [1.54, 1.807) is 0 Å². The molecule has 2 aromatic carbocycles. The number of benzene rings is 2. The van der Waals surface area contributed by atoms with E-state index in [1.807, 2.05) is 0 Å². The van der Waals surface area contributed by atoms with Gasteiger partial charge in [-0.25, -0.2) is 0 Å². The van der Waals surface area contributed by atoms with Gasteiger partial charge in [0, 0.05) is 0 Å². The Morgan fingerprint density at radius 2 is 1.27 bits per heavy atom. The highest BCUT2D eigenvalue weighted by molar-refractivity contribution is 5.79. The largest absolute Gasteiger partial charge is 0.331 e. The van der Waals surface area contributed by atoms with E-state index >= 15 is 0 Å². The van der Waals surface area contributed by atoms with Gasteiger partial charge >= 0.3 is 0 Å². The van der Waals surface area contributed by atoms with E-state index in [1.165, 1.54) is 36.1 Å². The fourth-order valence-corrected chi connectivity index (χ4v) is 2.61. The highest BCUT2D eigenvalue weighted by atomic mass is 15.3. The van der Waals surface area contributed by atoms with Crippen molar-refractivity contribution in [3.8, 4) is 0 Å². The average Bonchev–Trinajstić information content (AvgIpc) is 2.51. The Kier molecular flexibility index (Phi) is 5.97. The molecule has 0 aliphatic heterocycles. The molecular formula is C21H28N+. The second kappa shape index (κ2) is 7.95. The van der Waals surface area contributed by atoms with Crippen LogP contribution in [0.3, 0.4) is 0 Å². The first-order valence-electron chi connectivity index (χ1n) is 8.18. The molecule has 0 fully saturated rings. The Morgan fingerprint density at radius 1 is 0.773 bits per heavy atom. The van der Waals surface area contributed by atoms with Crippen molar-refractivity contribution in [3.63, 3.8) is 0 Å². The van der Waals surface area contributed by atoms with Crippen molar-refractivity contribution >= 4 is 5.57 Å². The van der Waals surface area contributed by atoms with E-state index in [0.29, 0.717) is 0 Å². The molecule has 116 valence electrons. The van der Waals surface area contributed by atoms with E-state index < -0.39 is 0 Å². The summed E-state index contributed by atoms with van der Waals surface area (Å²) in [5, 5.41) is 0. The summed E-state index contributed by atoms with van der Waals surface area (Å²) in [6.07, 6.45) is 6.06. The fraction of sp³-hybridized carbons (Fsp3) is 0.333. The van der Waals surface area contributed by atoms with Gasteiger partial charge in [-0.05, 0) is 36.0 Å². The van der Waals surface area contributed by atoms with Crippen LogP contribution in [-0.4, -0.2) is 32.2 Å². The lowest BCUT2D eigenvalue weighted by Crippen LogP contribution is -2.35. The van der Waals surface area contributed by atoms with Gasteiger partial charge in [0.1, 0.15) is 0 Å². The highest BCUT2D eigenvalue weighted by Gasteiger charge is 2.06. The van der Waals surface area contributed by atoms with E-state index in [9.17, 15) is 0 Å². The number of hydrogen-bond donors (Lipinski definition) is 0. The van der Waals surface area contributed by atoms with E-state index in [2.05, 4.69) is 87.9 Å². The molecule has 22 heavy (non-hydrogen) atoms. The third kappa shape index (κ3) is 5.50. The van der Waals surface area contributed by atoms with Gasteiger partial charge in [0.05, 0.1) is 27.7 Å². The Hall–Kier alpha value is -1.86. The molecule has 0 amide bonds. The van der Waals surface area contributed by atoms with Crippen LogP contribution in [0, 0.1) is 0 Å². The molecule has 0 saturated heterocycles. The lowest BCUT2D eigenvalue weighted by molar-refractivity contribution is -0.870. The summed E-state index contributed by atoms with van der Waals surface area (Å²) in [7, 11) is 6.78. The minimum atomic E-state index is 1.05. The third-order valence-electron chi connectivity index (χ3n) is 3.80. The number of hydrogen-bond acceptors (Lipinski definition) is 0. The van der Waals surface area contributed by atoms with Crippen LogP contribution in [-0.2, 0) is 0 Å². The Balaban J connectivity index is 2.07. The van der Waals surface area contributed by atoms with Gasteiger partial charge in [-0.2, -0.15) is 0 Å². The van der Waals surface area contributed by atoms with Crippen LogP contribution in [0.15, 0.2) is 66.7 Å². The Labute approximate surface area is 135 Å². The maximum absolute atomic E-state index is 2.40. The van der Waals surface area contributed by atoms with Gasteiger partial charge in [0.25, 0.3) is 0 Å². The summed E-state index contributed by atoms with van der Waals surface area (Å²) in [6, 6.07) is 21.4. The zero-order valence-corrected chi connectivity index (χ0v) is 14.1. The molecule has 1 nitrogen and oxygen atoms in total. The molecule has 2 rings (SSSR count). The molecule has 0 unspecified atom stereocenters. The van der Waals surface area contributed by atoms with Crippen LogP contribution >= 0.6 is 0 Å². The smallest absolute Gasteiger partial charge is 0.0780 e. The maximum atomic E-state index is 2.40. The monoisotopic (exact) mass is 294 g/mol. The van der Waals surface area contributed by atoms with Crippen molar-refractivity contribution in [1.82, 2.24) is 0 Å². The summed E-state index contributed by atoms with van der Waals surface area (Å²) >= 11 is 0.